The predicted octanol–water partition coefficient (Wildman–Crippen LogP) is 2.79. The Bertz CT molecular complexity index is 491. The van der Waals surface area contributed by atoms with Crippen molar-refractivity contribution in [2.45, 2.75) is 34.2 Å². The van der Waals surface area contributed by atoms with Gasteiger partial charge in [0.05, 0.1) is 0 Å². The molecule has 0 aliphatic heterocycles. The van der Waals surface area contributed by atoms with Gasteiger partial charge in [-0.2, -0.15) is 0 Å². The van der Waals surface area contributed by atoms with Crippen molar-refractivity contribution < 1.29 is 4.79 Å². The molecule has 0 atom stereocenters. The van der Waals surface area contributed by atoms with Gasteiger partial charge in [-0.05, 0) is 28.5 Å². The summed E-state index contributed by atoms with van der Waals surface area (Å²) in [5.41, 5.74) is 7.77. The van der Waals surface area contributed by atoms with Gasteiger partial charge in [0.1, 0.15) is 0 Å². The Kier molecular flexibility index (Phi) is 3.21. The van der Waals surface area contributed by atoms with Crippen LogP contribution in [-0.2, 0) is 11.3 Å². The first-order chi connectivity index (χ1) is 8.73. The molecule has 3 nitrogen and oxygen atoms in total. The third-order valence-electron chi connectivity index (χ3n) is 5.13. The maximum atomic E-state index is 12.6. The molecule has 2 rings (SSSR count). The second-order valence-corrected chi connectivity index (χ2v) is 6.65. The van der Waals surface area contributed by atoms with Crippen LogP contribution >= 0.6 is 0 Å². The molecule has 19 heavy (non-hydrogen) atoms. The Balaban J connectivity index is 2.21. The van der Waals surface area contributed by atoms with Crippen molar-refractivity contribution in [2.75, 3.05) is 11.9 Å². The summed E-state index contributed by atoms with van der Waals surface area (Å²) in [7, 11) is 1.85. The zero-order valence-corrected chi connectivity index (χ0v) is 12.5. The lowest BCUT2D eigenvalue weighted by Crippen LogP contribution is -2.30. The Morgan fingerprint density at radius 1 is 1.26 bits per heavy atom. The predicted molar refractivity (Wildman–Crippen MR) is 78.8 cm³/mol. The summed E-state index contributed by atoms with van der Waals surface area (Å²) >= 11 is 0. The molecule has 0 radical (unpaired) electrons. The number of anilines is 1. The first kappa shape index (κ1) is 14.1. The van der Waals surface area contributed by atoms with Crippen LogP contribution in [0, 0.1) is 16.7 Å². The molecule has 1 aromatic carbocycles. The SMILES string of the molecule is CN(C(=O)C1C(C)(C)C1(C)C)c1cccc(CN)c1. The minimum Gasteiger partial charge on any atom is -0.326 e. The van der Waals surface area contributed by atoms with Crippen LogP contribution in [0.3, 0.4) is 0 Å². The number of carbonyl (C=O) groups is 1. The van der Waals surface area contributed by atoms with Crippen molar-refractivity contribution in [2.24, 2.45) is 22.5 Å². The van der Waals surface area contributed by atoms with E-state index in [0.717, 1.165) is 11.3 Å². The second kappa shape index (κ2) is 4.34. The van der Waals surface area contributed by atoms with Crippen LogP contribution in [0.5, 0.6) is 0 Å². The van der Waals surface area contributed by atoms with E-state index in [-0.39, 0.29) is 22.7 Å². The quantitative estimate of drug-likeness (QED) is 0.908. The number of rotatable bonds is 3. The standard InChI is InChI=1S/C16H24N2O/c1-15(2)13(16(15,3)4)14(19)18(5)12-8-6-7-11(9-12)10-17/h6-9,13H,10,17H2,1-5H3. The molecule has 1 saturated carbocycles. The topological polar surface area (TPSA) is 46.3 Å². The van der Waals surface area contributed by atoms with Crippen molar-refractivity contribution in [3.05, 3.63) is 29.8 Å². The summed E-state index contributed by atoms with van der Waals surface area (Å²) in [5, 5.41) is 0. The minimum absolute atomic E-state index is 0.0732. The Hall–Kier alpha value is -1.35. The highest BCUT2D eigenvalue weighted by atomic mass is 16.2. The molecule has 0 aromatic heterocycles. The molecule has 0 unspecified atom stereocenters. The molecule has 0 heterocycles. The minimum atomic E-state index is 0.0732. The summed E-state index contributed by atoms with van der Waals surface area (Å²) in [6, 6.07) is 7.87. The van der Waals surface area contributed by atoms with E-state index in [4.69, 9.17) is 5.73 Å². The van der Waals surface area contributed by atoms with Crippen molar-refractivity contribution >= 4 is 11.6 Å². The van der Waals surface area contributed by atoms with Crippen LogP contribution < -0.4 is 10.6 Å². The number of amides is 1. The smallest absolute Gasteiger partial charge is 0.230 e. The summed E-state index contributed by atoms with van der Waals surface area (Å²) in [5.74, 6) is 0.288. The molecule has 0 spiro atoms. The van der Waals surface area contributed by atoms with Crippen LogP contribution in [0.4, 0.5) is 5.69 Å². The van der Waals surface area contributed by atoms with Crippen LogP contribution in [0.15, 0.2) is 24.3 Å². The first-order valence-electron chi connectivity index (χ1n) is 6.80. The normalized spacial score (nSPS) is 20.1. The zero-order chi connectivity index (χ0) is 14.4. The van der Waals surface area contributed by atoms with Crippen molar-refractivity contribution in [3.8, 4) is 0 Å². The number of nitrogens with zero attached hydrogens (tertiary/aromatic N) is 1. The fraction of sp³-hybridized carbons (Fsp3) is 0.562. The summed E-state index contributed by atoms with van der Waals surface area (Å²) < 4.78 is 0. The molecule has 2 N–H and O–H groups in total. The third kappa shape index (κ3) is 2.06. The molecule has 1 fully saturated rings. The highest BCUT2D eigenvalue weighted by Gasteiger charge is 2.68. The van der Waals surface area contributed by atoms with E-state index < -0.39 is 0 Å². The van der Waals surface area contributed by atoms with Gasteiger partial charge in [0.25, 0.3) is 0 Å². The summed E-state index contributed by atoms with van der Waals surface area (Å²) in [4.78, 5) is 14.4. The van der Waals surface area contributed by atoms with E-state index in [0.29, 0.717) is 6.54 Å². The van der Waals surface area contributed by atoms with Gasteiger partial charge < -0.3 is 10.6 Å². The van der Waals surface area contributed by atoms with Crippen LogP contribution in [0.25, 0.3) is 0 Å². The molecule has 1 aliphatic rings. The van der Waals surface area contributed by atoms with E-state index >= 15 is 0 Å². The van der Waals surface area contributed by atoms with Gasteiger partial charge >= 0.3 is 0 Å². The fourth-order valence-corrected chi connectivity index (χ4v) is 3.03. The van der Waals surface area contributed by atoms with Crippen LogP contribution in [0.2, 0.25) is 0 Å². The monoisotopic (exact) mass is 260 g/mol. The van der Waals surface area contributed by atoms with E-state index in [2.05, 4.69) is 27.7 Å². The second-order valence-electron chi connectivity index (χ2n) is 6.65. The largest absolute Gasteiger partial charge is 0.326 e. The molecule has 3 heteroatoms. The summed E-state index contributed by atoms with van der Waals surface area (Å²) in [6.45, 7) is 9.16. The lowest BCUT2D eigenvalue weighted by atomic mass is 10.0. The number of carbonyl (C=O) groups excluding carboxylic acids is 1. The van der Waals surface area contributed by atoms with E-state index in [1.54, 1.807) is 4.90 Å². The van der Waals surface area contributed by atoms with Gasteiger partial charge in [0, 0.05) is 25.2 Å². The van der Waals surface area contributed by atoms with Gasteiger partial charge in [0.2, 0.25) is 5.91 Å². The van der Waals surface area contributed by atoms with Gasteiger partial charge in [-0.25, -0.2) is 0 Å². The Labute approximate surface area is 115 Å². The molecular weight excluding hydrogens is 236 g/mol. The van der Waals surface area contributed by atoms with Gasteiger partial charge in [-0.1, -0.05) is 39.8 Å². The van der Waals surface area contributed by atoms with Crippen molar-refractivity contribution in [1.82, 2.24) is 0 Å². The third-order valence-corrected chi connectivity index (χ3v) is 5.13. The van der Waals surface area contributed by atoms with E-state index in [9.17, 15) is 4.79 Å². The van der Waals surface area contributed by atoms with E-state index in [1.807, 2.05) is 31.3 Å². The zero-order valence-electron chi connectivity index (χ0n) is 12.5. The number of hydrogen-bond donors (Lipinski definition) is 1. The van der Waals surface area contributed by atoms with Crippen molar-refractivity contribution in [1.29, 1.82) is 0 Å². The van der Waals surface area contributed by atoms with Gasteiger partial charge in [0.15, 0.2) is 0 Å². The molecule has 1 aliphatic carbocycles. The van der Waals surface area contributed by atoms with Crippen LogP contribution in [-0.4, -0.2) is 13.0 Å². The number of hydrogen-bond acceptors (Lipinski definition) is 2. The Morgan fingerprint density at radius 3 is 2.32 bits per heavy atom. The molecular formula is C16H24N2O. The maximum Gasteiger partial charge on any atom is 0.230 e. The van der Waals surface area contributed by atoms with Crippen LogP contribution in [0.1, 0.15) is 33.3 Å². The molecule has 0 saturated heterocycles. The van der Waals surface area contributed by atoms with Crippen molar-refractivity contribution in [3.63, 3.8) is 0 Å². The number of benzene rings is 1. The fourth-order valence-electron chi connectivity index (χ4n) is 3.03. The molecule has 0 bridgehead atoms. The Morgan fingerprint density at radius 2 is 1.84 bits per heavy atom. The summed E-state index contributed by atoms with van der Waals surface area (Å²) in [6.07, 6.45) is 0. The van der Waals surface area contributed by atoms with E-state index in [1.165, 1.54) is 0 Å². The highest BCUT2D eigenvalue weighted by Crippen LogP contribution is 2.68. The lowest BCUT2D eigenvalue weighted by Gasteiger charge is -2.19. The maximum absolute atomic E-state index is 12.6. The highest BCUT2D eigenvalue weighted by molar-refractivity contribution is 5.97. The van der Waals surface area contributed by atoms with Gasteiger partial charge in [-0.15, -0.1) is 0 Å². The lowest BCUT2D eigenvalue weighted by molar-refractivity contribution is -0.120. The molecule has 1 aromatic rings. The first-order valence-corrected chi connectivity index (χ1v) is 6.80. The molecule has 1 amide bonds. The number of nitrogens with two attached hydrogens (primary N) is 1. The average molecular weight is 260 g/mol. The van der Waals surface area contributed by atoms with Gasteiger partial charge in [-0.3, -0.25) is 4.79 Å². The average Bonchev–Trinajstić information content (AvgIpc) is 2.78. The molecule has 104 valence electrons.